The van der Waals surface area contributed by atoms with Gasteiger partial charge in [0, 0.05) is 10.6 Å². The molecule has 1 aromatic heterocycles. The molecular weight excluding hydrogens is 336 g/mol. The van der Waals surface area contributed by atoms with Crippen LogP contribution in [0.1, 0.15) is 38.3 Å². The van der Waals surface area contributed by atoms with E-state index in [9.17, 15) is 4.79 Å². The average molecular weight is 358 g/mol. The molecule has 6 nitrogen and oxygen atoms in total. The van der Waals surface area contributed by atoms with Gasteiger partial charge in [0.1, 0.15) is 12.4 Å². The maximum Gasteiger partial charge on any atom is 0.338 e. The smallest absolute Gasteiger partial charge is 0.338 e. The number of unbranched alkanes of at least 4 members (excludes halogenated alkanes) is 1. The summed E-state index contributed by atoms with van der Waals surface area (Å²) in [4.78, 5) is 18.1. The first-order valence-corrected chi connectivity index (χ1v) is 9.56. The number of hydrogen-bond acceptors (Lipinski definition) is 6. The van der Waals surface area contributed by atoms with Gasteiger partial charge >= 0.3 is 5.97 Å². The van der Waals surface area contributed by atoms with Crippen molar-refractivity contribution in [2.24, 2.45) is 0 Å². The van der Waals surface area contributed by atoms with Gasteiger partial charge in [0.2, 0.25) is 5.95 Å². The van der Waals surface area contributed by atoms with Gasteiger partial charge < -0.3 is 10.1 Å². The van der Waals surface area contributed by atoms with E-state index >= 15 is 0 Å². The highest BCUT2D eigenvalue weighted by Gasteiger charge is 2.34. The molecule has 0 saturated heterocycles. The molecule has 1 aromatic carbocycles. The number of anilines is 1. The third kappa shape index (κ3) is 3.56. The van der Waals surface area contributed by atoms with Gasteiger partial charge in [-0.2, -0.15) is 10.1 Å². The van der Waals surface area contributed by atoms with Crippen molar-refractivity contribution in [3.05, 3.63) is 47.4 Å². The quantitative estimate of drug-likeness (QED) is 0.483. The van der Waals surface area contributed by atoms with Crippen LogP contribution in [0, 0.1) is 0 Å². The summed E-state index contributed by atoms with van der Waals surface area (Å²) in [6.07, 6.45) is 5.36. The molecule has 1 atom stereocenters. The molecule has 7 heteroatoms. The Morgan fingerprint density at radius 2 is 2.12 bits per heavy atom. The van der Waals surface area contributed by atoms with Gasteiger partial charge in [-0.1, -0.05) is 25.5 Å². The second-order valence-corrected chi connectivity index (χ2v) is 6.74. The van der Waals surface area contributed by atoms with Crippen LogP contribution < -0.4 is 5.32 Å². The number of nitrogens with zero attached hydrogens (tertiary/aromatic N) is 3. The van der Waals surface area contributed by atoms with E-state index in [4.69, 9.17) is 4.74 Å². The lowest BCUT2D eigenvalue weighted by atomic mass is 9.96. The van der Waals surface area contributed by atoms with E-state index < -0.39 is 0 Å². The monoisotopic (exact) mass is 358 g/mol. The summed E-state index contributed by atoms with van der Waals surface area (Å²) < 4.78 is 7.21. The van der Waals surface area contributed by atoms with Crippen LogP contribution in [-0.2, 0) is 9.53 Å². The first-order valence-electron chi connectivity index (χ1n) is 8.34. The second kappa shape index (κ2) is 7.74. The fraction of sp³-hybridized carbons (Fsp3) is 0.389. The van der Waals surface area contributed by atoms with Crippen molar-refractivity contribution >= 4 is 23.7 Å². The van der Waals surface area contributed by atoms with Crippen LogP contribution in [-0.4, -0.2) is 33.6 Å². The Kier molecular flexibility index (Phi) is 5.43. The molecule has 0 saturated carbocycles. The molecule has 3 rings (SSSR count). The number of rotatable bonds is 6. The predicted octanol–water partition coefficient (Wildman–Crippen LogP) is 3.63. The van der Waals surface area contributed by atoms with Crippen molar-refractivity contribution in [1.29, 1.82) is 0 Å². The van der Waals surface area contributed by atoms with Crippen LogP contribution in [0.4, 0.5) is 5.95 Å². The normalized spacial score (nSPS) is 16.4. The fourth-order valence-electron chi connectivity index (χ4n) is 2.84. The first-order chi connectivity index (χ1) is 12.2. The van der Waals surface area contributed by atoms with E-state index in [2.05, 4.69) is 22.3 Å². The van der Waals surface area contributed by atoms with Gasteiger partial charge in [0.05, 0.1) is 12.2 Å². The highest BCUT2D eigenvalue weighted by molar-refractivity contribution is 7.98. The van der Waals surface area contributed by atoms with Gasteiger partial charge in [-0.3, -0.25) is 0 Å². The molecule has 25 heavy (non-hydrogen) atoms. The summed E-state index contributed by atoms with van der Waals surface area (Å²) in [5.41, 5.74) is 2.31. The summed E-state index contributed by atoms with van der Waals surface area (Å²) in [5.74, 6) is 0.320. The third-order valence-corrected chi connectivity index (χ3v) is 4.92. The fourth-order valence-corrected chi connectivity index (χ4v) is 3.24. The van der Waals surface area contributed by atoms with E-state index in [1.165, 1.54) is 11.2 Å². The summed E-state index contributed by atoms with van der Waals surface area (Å²) in [6.45, 7) is 4.37. The number of ether oxygens (including phenoxy) is 1. The highest BCUT2D eigenvalue weighted by Crippen LogP contribution is 2.35. The molecule has 0 fully saturated rings. The number of carbonyl (C=O) groups is 1. The Balaban J connectivity index is 1.99. The minimum absolute atomic E-state index is 0.307. The van der Waals surface area contributed by atoms with Crippen molar-refractivity contribution in [2.45, 2.75) is 37.6 Å². The van der Waals surface area contributed by atoms with Crippen LogP contribution in [0.25, 0.3) is 0 Å². The van der Waals surface area contributed by atoms with E-state index in [0.29, 0.717) is 18.1 Å². The minimum atomic E-state index is -0.344. The molecule has 2 aromatic rings. The summed E-state index contributed by atoms with van der Waals surface area (Å²) >= 11 is 1.68. The zero-order valence-corrected chi connectivity index (χ0v) is 15.5. The van der Waals surface area contributed by atoms with E-state index in [1.54, 1.807) is 16.4 Å². The second-order valence-electron chi connectivity index (χ2n) is 5.86. The third-order valence-electron chi connectivity index (χ3n) is 4.18. The number of esters is 1. The average Bonchev–Trinajstić information content (AvgIpc) is 3.08. The van der Waals surface area contributed by atoms with Crippen molar-refractivity contribution in [3.8, 4) is 0 Å². The molecule has 0 radical (unpaired) electrons. The van der Waals surface area contributed by atoms with E-state index in [-0.39, 0.29) is 12.0 Å². The lowest BCUT2D eigenvalue weighted by molar-refractivity contribution is -0.139. The van der Waals surface area contributed by atoms with Gasteiger partial charge in [-0.15, -0.1) is 11.8 Å². The molecule has 0 bridgehead atoms. The zero-order chi connectivity index (χ0) is 17.8. The Bertz CT molecular complexity index is 783. The van der Waals surface area contributed by atoms with E-state index in [1.807, 2.05) is 37.4 Å². The number of nitrogens with one attached hydrogen (secondary N) is 1. The Labute approximate surface area is 151 Å². The van der Waals surface area contributed by atoms with Crippen LogP contribution in [0.5, 0.6) is 0 Å². The van der Waals surface area contributed by atoms with Crippen molar-refractivity contribution in [2.75, 3.05) is 18.2 Å². The minimum Gasteiger partial charge on any atom is -0.462 e. The summed E-state index contributed by atoms with van der Waals surface area (Å²) in [5, 5.41) is 7.46. The molecular formula is C18H22N4O2S. The number of thioether (sulfide) groups is 1. The lowest BCUT2D eigenvalue weighted by Gasteiger charge is -2.28. The number of benzene rings is 1. The SMILES string of the molecule is CCCCOC(=O)C1=C(C)Nc2ncnn2[C@@H]1c1ccc(SC)cc1. The van der Waals surface area contributed by atoms with Crippen molar-refractivity contribution < 1.29 is 9.53 Å². The van der Waals surface area contributed by atoms with Crippen molar-refractivity contribution in [3.63, 3.8) is 0 Å². The van der Waals surface area contributed by atoms with Crippen LogP contribution >= 0.6 is 11.8 Å². The molecule has 2 heterocycles. The number of aromatic nitrogens is 3. The Morgan fingerprint density at radius 1 is 1.36 bits per heavy atom. The summed E-state index contributed by atoms with van der Waals surface area (Å²) in [7, 11) is 0. The van der Waals surface area contributed by atoms with Gasteiger partial charge in [-0.05, 0) is 37.3 Å². The maximum atomic E-state index is 12.7. The largest absolute Gasteiger partial charge is 0.462 e. The Hall–Kier alpha value is -2.28. The molecule has 1 aliphatic heterocycles. The number of allylic oxidation sites excluding steroid dienone is 1. The van der Waals surface area contributed by atoms with Gasteiger partial charge in [0.25, 0.3) is 0 Å². The topological polar surface area (TPSA) is 69.0 Å². The molecule has 0 aliphatic carbocycles. The van der Waals surface area contributed by atoms with Crippen LogP contribution in [0.3, 0.4) is 0 Å². The predicted molar refractivity (Wildman–Crippen MR) is 98.6 cm³/mol. The zero-order valence-electron chi connectivity index (χ0n) is 14.7. The molecule has 1 N–H and O–H groups in total. The molecule has 1 aliphatic rings. The number of carbonyl (C=O) groups excluding carboxylic acids is 1. The highest BCUT2D eigenvalue weighted by atomic mass is 32.2. The van der Waals surface area contributed by atoms with Crippen LogP contribution in [0.15, 0.2) is 46.8 Å². The van der Waals surface area contributed by atoms with E-state index in [0.717, 1.165) is 24.1 Å². The van der Waals surface area contributed by atoms with Crippen LogP contribution in [0.2, 0.25) is 0 Å². The van der Waals surface area contributed by atoms with Crippen molar-refractivity contribution in [1.82, 2.24) is 14.8 Å². The molecule has 0 unspecified atom stereocenters. The standard InChI is InChI=1S/C18H22N4O2S/c1-4-5-10-24-17(23)15-12(2)21-18-19-11-20-22(18)16(15)13-6-8-14(25-3)9-7-13/h6-9,11,16H,4-5,10H2,1-3H3,(H,19,20,21)/t16-/m1/s1. The number of hydrogen-bond donors (Lipinski definition) is 1. The molecule has 0 amide bonds. The maximum absolute atomic E-state index is 12.7. The lowest BCUT2D eigenvalue weighted by Crippen LogP contribution is -2.29. The van der Waals surface area contributed by atoms with Gasteiger partial charge in [-0.25, -0.2) is 9.48 Å². The number of fused-ring (bicyclic) bond motifs is 1. The summed E-state index contributed by atoms with van der Waals surface area (Å²) in [6, 6.07) is 7.81. The molecule has 0 spiro atoms. The van der Waals surface area contributed by atoms with Gasteiger partial charge in [0.15, 0.2) is 0 Å². The Morgan fingerprint density at radius 3 is 2.80 bits per heavy atom. The molecule has 132 valence electrons. The first kappa shape index (κ1) is 17.5.